The lowest BCUT2D eigenvalue weighted by Gasteiger charge is -2.53. The lowest BCUT2D eigenvalue weighted by molar-refractivity contribution is -0.394. The van der Waals surface area contributed by atoms with E-state index in [2.05, 4.69) is 26.6 Å². The number of nitrogens with one attached hydrogen (secondary N) is 5. The van der Waals surface area contributed by atoms with Crippen LogP contribution in [0.15, 0.2) is 0 Å². The zero-order chi connectivity index (χ0) is 79.0. The monoisotopic (exact) mass is 1550 g/mol. The molecule has 0 aromatic carbocycles. The van der Waals surface area contributed by atoms with Crippen molar-refractivity contribution in [1.82, 2.24) is 26.6 Å². The van der Waals surface area contributed by atoms with E-state index in [-0.39, 0.29) is 0 Å². The molecule has 7 rings (SSSR count). The van der Waals surface area contributed by atoms with Gasteiger partial charge < -0.3 is 206 Å². The summed E-state index contributed by atoms with van der Waals surface area (Å²) in [5, 5.41) is 263. The summed E-state index contributed by atoms with van der Waals surface area (Å²) in [6, 6.07) is -9.66. The van der Waals surface area contributed by atoms with Crippen molar-refractivity contribution in [1.29, 1.82) is 0 Å². The average molecular weight is 1550 g/mol. The largest absolute Gasteiger partial charge is 0.477 e. The number of hydrogen-bond acceptors (Lipinski definition) is 41. The van der Waals surface area contributed by atoms with Gasteiger partial charge in [-0.05, 0) is 0 Å². The van der Waals surface area contributed by atoms with E-state index in [1.807, 2.05) is 0 Å². The first kappa shape index (κ1) is 88.1. The summed E-state index contributed by atoms with van der Waals surface area (Å²) in [5.74, 6) is -15.9. The van der Waals surface area contributed by atoms with Crippen LogP contribution >= 0.6 is 0 Å². The molecule has 5 amide bonds. The van der Waals surface area contributed by atoms with Crippen molar-refractivity contribution in [2.24, 2.45) is 0 Å². The number of aliphatic hydroxyl groups excluding tert-OH is 21. The number of hydrogen-bond donors (Lipinski definition) is 28. The molecule has 48 heteroatoms. The Morgan fingerprint density at radius 1 is 0.406 bits per heavy atom. The molecule has 7 heterocycles. The number of rotatable bonds is 31. The number of carboxylic acid groups (broad SMARTS) is 2. The zero-order valence-corrected chi connectivity index (χ0v) is 56.7. The van der Waals surface area contributed by atoms with Crippen molar-refractivity contribution >= 4 is 41.5 Å². The van der Waals surface area contributed by atoms with Crippen LogP contribution in [0.5, 0.6) is 0 Å². The third kappa shape index (κ3) is 19.6. The van der Waals surface area contributed by atoms with Crippen LogP contribution in [0.2, 0.25) is 0 Å². The van der Waals surface area contributed by atoms with E-state index < -0.39 is 333 Å². The Hall–Kier alpha value is -5.07. The number of ether oxygens (including phenoxy) is 13. The van der Waals surface area contributed by atoms with E-state index in [1.165, 1.54) is 0 Å². The Morgan fingerprint density at radius 2 is 0.811 bits per heavy atom. The Kier molecular flexibility index (Phi) is 31.4. The molecular formula is C58H95N5O43. The number of carboxylic acids is 2. The third-order valence-corrected chi connectivity index (χ3v) is 18.6. The second-order valence-electron chi connectivity index (χ2n) is 26.2. The Bertz CT molecular complexity index is 2920. The molecule has 0 bridgehead atoms. The molecule has 0 aliphatic carbocycles. The molecule has 37 atom stereocenters. The van der Waals surface area contributed by atoms with Gasteiger partial charge in [-0.25, -0.2) is 9.59 Å². The summed E-state index contributed by atoms with van der Waals surface area (Å²) in [4.78, 5) is 90.0. The van der Waals surface area contributed by atoms with Gasteiger partial charge in [0.05, 0.1) is 70.5 Å². The molecule has 0 saturated carbocycles. The molecule has 7 aliphatic heterocycles. The van der Waals surface area contributed by atoms with Gasteiger partial charge >= 0.3 is 11.9 Å². The molecule has 7 fully saturated rings. The highest BCUT2D eigenvalue weighted by atomic mass is 16.8. The van der Waals surface area contributed by atoms with Crippen LogP contribution in [0.3, 0.4) is 0 Å². The zero-order valence-electron chi connectivity index (χ0n) is 56.7. The number of carbonyl (C=O) groups excluding carboxylic acids is 5. The molecule has 48 nitrogen and oxygen atoms in total. The van der Waals surface area contributed by atoms with E-state index in [0.29, 0.717) is 0 Å². The molecule has 28 N–H and O–H groups in total. The van der Waals surface area contributed by atoms with Crippen molar-refractivity contribution in [3.05, 3.63) is 0 Å². The molecule has 0 unspecified atom stereocenters. The fourth-order valence-corrected chi connectivity index (χ4v) is 13.3. The first-order valence-corrected chi connectivity index (χ1v) is 33.0. The van der Waals surface area contributed by atoms with E-state index in [9.17, 15) is 151 Å². The van der Waals surface area contributed by atoms with Gasteiger partial charge in [0.1, 0.15) is 165 Å². The first-order chi connectivity index (χ1) is 49.8. The van der Waals surface area contributed by atoms with Gasteiger partial charge in [0.15, 0.2) is 31.5 Å². The highest BCUT2D eigenvalue weighted by Crippen LogP contribution is 2.42. The van der Waals surface area contributed by atoms with E-state index in [0.717, 1.165) is 27.7 Å². The molecular weight excluding hydrogens is 1450 g/mol. The van der Waals surface area contributed by atoms with Gasteiger partial charge in [-0.3, -0.25) is 24.0 Å². The maximum atomic E-state index is 13.8. The third-order valence-electron chi connectivity index (χ3n) is 18.6. The summed E-state index contributed by atoms with van der Waals surface area (Å²) in [6.45, 7) is -6.16. The van der Waals surface area contributed by atoms with Crippen LogP contribution in [0.1, 0.15) is 40.5 Å². The van der Waals surface area contributed by atoms with Crippen LogP contribution < -0.4 is 26.6 Å². The van der Waals surface area contributed by atoms with Crippen molar-refractivity contribution < 1.29 is 213 Å². The van der Waals surface area contributed by atoms with Crippen LogP contribution in [0, 0.1) is 0 Å². The minimum Gasteiger partial charge on any atom is -0.477 e. The molecule has 106 heavy (non-hydrogen) atoms. The topological polar surface area (TPSA) is 765 Å². The molecule has 0 aromatic heterocycles. The molecule has 0 radical (unpaired) electrons. The van der Waals surface area contributed by atoms with Gasteiger partial charge in [0.2, 0.25) is 29.5 Å². The normalized spacial score (nSPS) is 43.3. The smallest absolute Gasteiger partial charge is 0.364 e. The highest BCUT2D eigenvalue weighted by molar-refractivity contribution is 5.79. The van der Waals surface area contributed by atoms with E-state index >= 15 is 0 Å². The van der Waals surface area contributed by atoms with Crippen molar-refractivity contribution in [3.63, 3.8) is 0 Å². The molecule has 0 spiro atoms. The van der Waals surface area contributed by atoms with Crippen molar-refractivity contribution in [2.75, 3.05) is 52.9 Å². The fourth-order valence-electron chi connectivity index (χ4n) is 13.3. The van der Waals surface area contributed by atoms with Gasteiger partial charge in [0.25, 0.3) is 11.6 Å². The second kappa shape index (κ2) is 37.8. The minimum absolute atomic E-state index is 0.832. The Balaban J connectivity index is 1.19. The average Bonchev–Trinajstić information content (AvgIpc) is 0.727. The van der Waals surface area contributed by atoms with Gasteiger partial charge in [-0.2, -0.15) is 0 Å². The van der Waals surface area contributed by atoms with Gasteiger partial charge in [-0.15, -0.1) is 0 Å². The minimum atomic E-state index is -3.49. The predicted molar refractivity (Wildman–Crippen MR) is 326 cm³/mol. The summed E-state index contributed by atoms with van der Waals surface area (Å²) < 4.78 is 76.3. The quantitative estimate of drug-likeness (QED) is 0.0306. The Labute approximate surface area is 598 Å². The van der Waals surface area contributed by atoms with E-state index in [4.69, 9.17) is 61.6 Å². The lowest BCUT2D eigenvalue weighted by atomic mass is 9.87. The van der Waals surface area contributed by atoms with Crippen LogP contribution in [0.4, 0.5) is 0 Å². The van der Waals surface area contributed by atoms with E-state index in [1.54, 1.807) is 0 Å². The van der Waals surface area contributed by atoms with Gasteiger partial charge in [0, 0.05) is 40.5 Å². The van der Waals surface area contributed by atoms with Crippen molar-refractivity contribution in [3.8, 4) is 0 Å². The molecule has 7 saturated heterocycles. The van der Waals surface area contributed by atoms with Gasteiger partial charge in [-0.1, -0.05) is 0 Å². The predicted octanol–water partition coefficient (Wildman–Crippen LogP) is -18.2. The van der Waals surface area contributed by atoms with Crippen LogP contribution in [-0.2, 0) is 95.1 Å². The molecule has 610 valence electrons. The first-order valence-electron chi connectivity index (χ1n) is 33.0. The number of aliphatic carboxylic acids is 2. The summed E-state index contributed by atoms with van der Waals surface area (Å²) >= 11 is 0. The summed E-state index contributed by atoms with van der Waals surface area (Å²) in [6.07, 6.45) is -69.1. The lowest BCUT2D eigenvalue weighted by Crippen LogP contribution is -2.74. The maximum Gasteiger partial charge on any atom is 0.364 e. The Morgan fingerprint density at radius 3 is 1.33 bits per heavy atom. The summed E-state index contributed by atoms with van der Waals surface area (Å²) in [7, 11) is 0. The van der Waals surface area contributed by atoms with Crippen LogP contribution in [-0.4, -0.2) is 438 Å². The SMILES string of the molecule is CC(=O)N[C@@H]1[C@@H](O[C@@H]2O[C@H](CO)[C@H](O)[C@H](O[C@@H]3O[C@H](CO)[C@H](O[C@@H]4O[C@H](CO)[C@H](O[C@@H]5O[C@H](CO)[C@H](O)[C@H](O)[C@H]5NC(C)=O)[C@H](O[C@]5(C(=O)O)C[C@H](O)[C@@H](NC(=O)CO)[C@H]([C@H](O)[C@H](O)CO)O5)[C@H]4NC(C)=O)[C@H](O)[C@H]3O)[C@H]2O)[C@@H](O)[C@@H](CO[C@]2(C(=O)O)C[C@H](O)[C@@H](NC(C)=O)[C@H]([C@H](O)[C@H](O)CO)O2)O[C@@H]1O. The van der Waals surface area contributed by atoms with Crippen molar-refractivity contribution in [2.45, 2.75) is 266 Å². The standard InChI is InChI=1S/C58H95N5O43/c1-15(71)59-29-19(75)5-57(55(90)91,104-46(29)34(80)21(77)7-64)94-14-27-38(84)45(32(50(89)95-27)61-17(3)73)102-54-42(88)49(37(83)24(10-67)97-54)103-53-41(87)40(86)43(25(11-68)99-53)100-52-33(62-18(4)74)48(44(26(12-69)98-52)101-51-31(60-16(2)72)39(85)36(82)23(9-66)96-51)106-58(56(92)93)6-20(76)30(63-28(79)13-70)47(105-58)35(81)22(78)8-65/h19-27,29-54,64-70,75-78,80-89H,5-14H2,1-4H3,(H,59,71)(H,60,72)(H,61,73)(H,62,74)(H,63,79)(H,90,91)(H,92,93)/t19-,20-,21+,22+,23+,24+,25+,26+,27+,29+,30+,31+,32+,33+,34+,35+,36-,37-,38-,39+,40+,41+,42+,43-,44-,45+,46+,47+,48+,49-,50-,51-,52-,53-,54-,57+,58-/m0/s1. The van der Waals surface area contributed by atoms with Crippen LogP contribution in [0.25, 0.3) is 0 Å². The second-order valence-corrected chi connectivity index (χ2v) is 26.2. The number of amides is 5. The molecule has 0 aromatic rings. The molecule has 7 aliphatic rings. The highest BCUT2D eigenvalue weighted by Gasteiger charge is 2.64. The number of carbonyl (C=O) groups is 7. The number of aliphatic hydroxyl groups is 21. The maximum absolute atomic E-state index is 13.8. The fraction of sp³-hybridized carbons (Fsp3) is 0.879. The summed E-state index contributed by atoms with van der Waals surface area (Å²) in [5.41, 5.74) is 0.